The first kappa shape index (κ1) is 21.0. The van der Waals surface area contributed by atoms with Crippen LogP contribution < -0.4 is 11.1 Å². The molecule has 2 unspecified atom stereocenters. The summed E-state index contributed by atoms with van der Waals surface area (Å²) in [6, 6.07) is -1.03. The fourth-order valence-electron chi connectivity index (χ4n) is 3.09. The van der Waals surface area contributed by atoms with Gasteiger partial charge in [-0.2, -0.15) is 0 Å². The van der Waals surface area contributed by atoms with Crippen molar-refractivity contribution in [2.24, 2.45) is 11.7 Å². The average Bonchev–Trinajstić information content (AvgIpc) is 2.81. The van der Waals surface area contributed by atoms with E-state index in [9.17, 15) is 34.1 Å². The van der Waals surface area contributed by atoms with Crippen molar-refractivity contribution in [1.29, 1.82) is 0 Å². The minimum absolute atomic E-state index is 0.0910. The van der Waals surface area contributed by atoms with Crippen LogP contribution in [0.25, 0.3) is 0 Å². The van der Waals surface area contributed by atoms with Gasteiger partial charge >= 0.3 is 18.0 Å². The smallest absolute Gasteiger partial charge is 0.325 e. The first-order chi connectivity index (χ1) is 12.5. The number of aliphatic hydroxyl groups excluding tert-OH is 2. The second-order valence-electron chi connectivity index (χ2n) is 6.57. The molecule has 2 rings (SSSR count). The third-order valence-corrected chi connectivity index (χ3v) is 4.68. The summed E-state index contributed by atoms with van der Waals surface area (Å²) in [5, 5.41) is 39.8. The number of nitrogens with two attached hydrogens (primary N) is 1. The Hall–Kier alpha value is -2.28. The zero-order chi connectivity index (χ0) is 20.5. The lowest BCUT2D eigenvalue weighted by Crippen LogP contribution is -2.68. The maximum absolute atomic E-state index is 14.7. The van der Waals surface area contributed by atoms with Gasteiger partial charge in [0, 0.05) is 12.6 Å². The predicted octanol–water partition coefficient (Wildman–Crippen LogP) is -1.10. The van der Waals surface area contributed by atoms with Crippen LogP contribution in [0.15, 0.2) is 12.0 Å². The normalized spacial score (nSPS) is 34.8. The molecule has 152 valence electrons. The molecule has 0 aromatic heterocycles. The van der Waals surface area contributed by atoms with Crippen LogP contribution >= 0.6 is 0 Å². The van der Waals surface area contributed by atoms with E-state index < -0.39 is 59.9 Å². The zero-order valence-corrected chi connectivity index (χ0v) is 14.4. The van der Waals surface area contributed by atoms with Crippen LogP contribution in [0, 0.1) is 5.92 Å². The van der Waals surface area contributed by atoms with Gasteiger partial charge in [0.25, 0.3) is 0 Å². The Balaban J connectivity index is 2.25. The average molecular weight is 391 g/mol. The monoisotopic (exact) mass is 391 g/mol. The minimum atomic E-state index is -2.40. The van der Waals surface area contributed by atoms with Gasteiger partial charge in [-0.1, -0.05) is 0 Å². The highest BCUT2D eigenvalue weighted by molar-refractivity contribution is 5.81. The van der Waals surface area contributed by atoms with E-state index in [-0.39, 0.29) is 19.3 Å². The van der Waals surface area contributed by atoms with Crippen molar-refractivity contribution in [2.75, 3.05) is 0 Å². The number of rotatable bonds is 7. The first-order valence-corrected chi connectivity index (χ1v) is 8.22. The molecule has 0 radical (unpaired) electrons. The van der Waals surface area contributed by atoms with Crippen molar-refractivity contribution in [3.63, 3.8) is 0 Å². The minimum Gasteiger partial charge on any atom is -0.481 e. The van der Waals surface area contributed by atoms with Gasteiger partial charge in [0.05, 0.1) is 12.0 Å². The SMILES string of the molecule is C[C@H]1O[C@@H](N2C=C(F)C(N)(C(CCCC(=O)O)C(=O)O)NC2=O)[C@H](O)[C@@H]1O. The summed E-state index contributed by atoms with van der Waals surface area (Å²) in [5.74, 6) is -5.51. The summed E-state index contributed by atoms with van der Waals surface area (Å²) in [4.78, 5) is 35.1. The number of nitrogens with zero attached hydrogens (tertiary/aromatic N) is 1. The lowest BCUT2D eigenvalue weighted by molar-refractivity contribution is -0.145. The number of ether oxygens (including phenoxy) is 1. The van der Waals surface area contributed by atoms with Crippen molar-refractivity contribution in [1.82, 2.24) is 10.2 Å². The van der Waals surface area contributed by atoms with E-state index in [1.807, 2.05) is 0 Å². The van der Waals surface area contributed by atoms with Gasteiger partial charge in [-0.25, -0.2) is 9.18 Å². The van der Waals surface area contributed by atoms with E-state index in [0.717, 1.165) is 0 Å². The molecule has 0 bridgehead atoms. The third kappa shape index (κ3) is 4.03. The van der Waals surface area contributed by atoms with Crippen molar-refractivity contribution in [3.05, 3.63) is 12.0 Å². The topological polar surface area (TPSA) is 183 Å². The molecule has 0 saturated carbocycles. The number of carboxylic acids is 2. The predicted molar refractivity (Wildman–Crippen MR) is 85.4 cm³/mol. The van der Waals surface area contributed by atoms with Crippen LogP contribution in [0.2, 0.25) is 0 Å². The Bertz CT molecular complexity index is 659. The number of hydrogen-bond acceptors (Lipinski definition) is 7. The summed E-state index contributed by atoms with van der Waals surface area (Å²) in [6.45, 7) is 1.45. The molecule has 1 fully saturated rings. The molecular weight excluding hydrogens is 369 g/mol. The quantitative estimate of drug-likeness (QED) is 0.314. The number of carboxylic acid groups (broad SMARTS) is 2. The first-order valence-electron chi connectivity index (χ1n) is 8.22. The van der Waals surface area contributed by atoms with E-state index in [2.05, 4.69) is 5.32 Å². The van der Waals surface area contributed by atoms with Crippen molar-refractivity contribution < 1.29 is 43.9 Å². The van der Waals surface area contributed by atoms with E-state index in [1.165, 1.54) is 6.92 Å². The number of hydrogen-bond donors (Lipinski definition) is 6. The van der Waals surface area contributed by atoms with Crippen molar-refractivity contribution in [3.8, 4) is 0 Å². The highest BCUT2D eigenvalue weighted by atomic mass is 19.1. The van der Waals surface area contributed by atoms with Gasteiger partial charge in [0.1, 0.15) is 12.2 Å². The molecule has 1 saturated heterocycles. The molecule has 7 N–H and O–H groups in total. The second-order valence-corrected chi connectivity index (χ2v) is 6.57. The van der Waals surface area contributed by atoms with E-state index in [4.69, 9.17) is 15.6 Å². The summed E-state index contributed by atoms with van der Waals surface area (Å²) in [7, 11) is 0. The Morgan fingerprint density at radius 2 is 2.04 bits per heavy atom. The van der Waals surface area contributed by atoms with Crippen molar-refractivity contribution in [2.45, 2.75) is 56.4 Å². The third-order valence-electron chi connectivity index (χ3n) is 4.68. The molecule has 0 aromatic carbocycles. The lowest BCUT2D eigenvalue weighted by Gasteiger charge is -2.41. The molecule has 27 heavy (non-hydrogen) atoms. The zero-order valence-electron chi connectivity index (χ0n) is 14.4. The molecule has 11 nitrogen and oxygen atoms in total. The van der Waals surface area contributed by atoms with Gasteiger partial charge < -0.3 is 36.2 Å². The van der Waals surface area contributed by atoms with Crippen LogP contribution in [-0.4, -0.2) is 73.5 Å². The molecule has 6 atom stereocenters. The lowest BCUT2D eigenvalue weighted by atomic mass is 9.86. The Morgan fingerprint density at radius 3 is 2.52 bits per heavy atom. The summed E-state index contributed by atoms with van der Waals surface area (Å²) in [6.07, 6.45) is -5.13. The second kappa shape index (κ2) is 7.76. The number of carbonyl (C=O) groups excluding carboxylic acids is 1. The summed E-state index contributed by atoms with van der Waals surface area (Å²) >= 11 is 0. The highest BCUT2D eigenvalue weighted by Gasteiger charge is 2.52. The number of amides is 2. The molecule has 0 spiro atoms. The number of nitrogens with one attached hydrogen (secondary N) is 1. The van der Waals surface area contributed by atoms with E-state index in [0.29, 0.717) is 11.1 Å². The van der Waals surface area contributed by atoms with Crippen LogP contribution in [-0.2, 0) is 14.3 Å². The van der Waals surface area contributed by atoms with Gasteiger partial charge in [-0.3, -0.25) is 14.5 Å². The standard InChI is InChI=1S/C15H22FN3O8/c1-6-10(22)11(23)12(27-6)19-5-8(16)15(17,18-14(19)26)7(13(24)25)3-2-4-9(20)21/h5-7,10-12,22-23H,2-4,17H2,1H3,(H,18,26)(H,20,21)(H,24,25)/t6-,7?,10-,11-,12-,15?/m1/s1. The highest BCUT2D eigenvalue weighted by Crippen LogP contribution is 2.33. The van der Waals surface area contributed by atoms with Crippen LogP contribution in [0.4, 0.5) is 9.18 Å². The van der Waals surface area contributed by atoms with Gasteiger partial charge in [0.2, 0.25) is 0 Å². The number of carbonyl (C=O) groups is 3. The largest absolute Gasteiger partial charge is 0.481 e. The van der Waals surface area contributed by atoms with Gasteiger partial charge in [-0.05, 0) is 19.8 Å². The number of urea groups is 1. The fraction of sp³-hybridized carbons (Fsp3) is 0.667. The maximum atomic E-state index is 14.7. The molecule has 12 heteroatoms. The molecule has 2 amide bonds. The Kier molecular flexibility index (Phi) is 6.04. The van der Waals surface area contributed by atoms with Crippen molar-refractivity contribution >= 4 is 18.0 Å². The Morgan fingerprint density at radius 1 is 1.41 bits per heavy atom. The molecule has 2 aliphatic rings. The Labute approximate surface area is 153 Å². The van der Waals surface area contributed by atoms with Gasteiger partial charge in [0.15, 0.2) is 17.7 Å². The maximum Gasteiger partial charge on any atom is 0.325 e. The summed E-state index contributed by atoms with van der Waals surface area (Å²) in [5.41, 5.74) is 3.43. The van der Waals surface area contributed by atoms with Gasteiger partial charge in [-0.15, -0.1) is 0 Å². The molecular formula is C15H22FN3O8. The molecule has 0 aromatic rings. The summed E-state index contributed by atoms with van der Waals surface area (Å²) < 4.78 is 20.0. The molecule has 2 aliphatic heterocycles. The number of aliphatic hydroxyl groups is 2. The van der Waals surface area contributed by atoms with Crippen LogP contribution in [0.3, 0.4) is 0 Å². The molecule has 2 heterocycles. The van der Waals surface area contributed by atoms with E-state index >= 15 is 0 Å². The fourth-order valence-corrected chi connectivity index (χ4v) is 3.09. The molecule has 0 aliphatic carbocycles. The number of halogens is 1. The van der Waals surface area contributed by atoms with E-state index in [1.54, 1.807) is 0 Å². The number of aliphatic carboxylic acids is 2. The van der Waals surface area contributed by atoms with Crippen LogP contribution in [0.5, 0.6) is 0 Å². The van der Waals surface area contributed by atoms with Crippen LogP contribution in [0.1, 0.15) is 26.2 Å².